The molecular weight excluding hydrogens is 503 g/mol. The third-order valence-electron chi connectivity index (χ3n) is 6.17. The number of aliphatic hydroxyl groups is 1. The Hall–Kier alpha value is -3.16. The monoisotopic (exact) mass is 527 g/mol. The van der Waals surface area contributed by atoms with Gasteiger partial charge in [-0.1, -0.05) is 29.8 Å². The maximum absolute atomic E-state index is 9.04. The van der Waals surface area contributed by atoms with Crippen molar-refractivity contribution >= 4 is 69.9 Å². The summed E-state index contributed by atoms with van der Waals surface area (Å²) in [5.74, 6) is 0.750. The Morgan fingerprint density at radius 1 is 0.750 bits per heavy atom. The van der Waals surface area contributed by atoms with E-state index >= 15 is 0 Å². The number of fused-ring (bicyclic) bond motifs is 3. The summed E-state index contributed by atoms with van der Waals surface area (Å²) in [6, 6.07) is 27.8. The van der Waals surface area contributed by atoms with Gasteiger partial charge in [-0.25, -0.2) is 0 Å². The zero-order chi connectivity index (χ0) is 24.6. The van der Waals surface area contributed by atoms with Crippen LogP contribution in [0, 0.1) is 13.8 Å². The molecule has 0 aliphatic rings. The van der Waals surface area contributed by atoms with Gasteiger partial charge in [0.2, 0.25) is 0 Å². The van der Waals surface area contributed by atoms with E-state index < -0.39 is 0 Å². The largest absolute Gasteiger partial charge is 0.491 e. The van der Waals surface area contributed by atoms with Gasteiger partial charge in [0, 0.05) is 37.6 Å². The van der Waals surface area contributed by atoms with Crippen LogP contribution >= 0.6 is 34.0 Å². The third-order valence-corrected chi connectivity index (χ3v) is 9.79. The molecular formula is C30H25NO2S3. The molecule has 0 spiro atoms. The van der Waals surface area contributed by atoms with Gasteiger partial charge in [0.1, 0.15) is 12.4 Å². The summed E-state index contributed by atoms with van der Waals surface area (Å²) < 4.78 is 11.2. The smallest absolute Gasteiger partial charge is 0.119 e. The summed E-state index contributed by atoms with van der Waals surface area (Å²) in [5, 5.41) is 11.3. The van der Waals surface area contributed by atoms with E-state index in [0.717, 1.165) is 22.8 Å². The summed E-state index contributed by atoms with van der Waals surface area (Å²) in [6.45, 7) is 4.59. The van der Waals surface area contributed by atoms with Crippen molar-refractivity contribution in [2.24, 2.45) is 0 Å². The summed E-state index contributed by atoms with van der Waals surface area (Å²) in [5.41, 5.74) is 7.04. The van der Waals surface area contributed by atoms with E-state index in [9.17, 15) is 0 Å². The average Bonchev–Trinajstić information content (AvgIpc) is 3.56. The van der Waals surface area contributed by atoms with Crippen LogP contribution in [-0.2, 0) is 0 Å². The number of anilines is 3. The number of ether oxygens (including phenoxy) is 1. The Morgan fingerprint density at radius 2 is 1.39 bits per heavy atom. The normalized spacial score (nSPS) is 11.4. The minimum atomic E-state index is 0.00328. The molecule has 0 atom stereocenters. The van der Waals surface area contributed by atoms with Crippen LogP contribution in [0.15, 0.2) is 84.2 Å². The number of aliphatic hydroxyl groups excluding tert-OH is 1. The first kappa shape index (κ1) is 23.3. The highest BCUT2D eigenvalue weighted by atomic mass is 32.1. The second kappa shape index (κ2) is 9.71. The molecule has 0 aliphatic heterocycles. The summed E-state index contributed by atoms with van der Waals surface area (Å²) in [4.78, 5) is 3.63. The first-order valence-electron chi connectivity index (χ1n) is 11.8. The van der Waals surface area contributed by atoms with Crippen molar-refractivity contribution in [1.82, 2.24) is 0 Å². The van der Waals surface area contributed by atoms with E-state index in [2.05, 4.69) is 90.9 Å². The second-order valence-corrected chi connectivity index (χ2v) is 11.9. The van der Waals surface area contributed by atoms with Gasteiger partial charge in [0.15, 0.2) is 0 Å². The van der Waals surface area contributed by atoms with Crippen LogP contribution in [0.3, 0.4) is 0 Å². The molecule has 3 nitrogen and oxygen atoms in total. The lowest BCUT2D eigenvalue weighted by Crippen LogP contribution is -2.10. The molecule has 6 aromatic rings. The molecule has 0 fully saturated rings. The standard InChI is InChI=1S/C30H25NO2S3/c1-19-3-7-22(8-4-19)31(24-11-13-25(14-12-24)33-16-15-32)23-9-5-21(6-10-23)26-18-34-30-28(26)36-27-17-20(2)35-29(27)30/h3-14,17-18,32H,15-16H2,1-2H3. The first-order valence-corrected chi connectivity index (χ1v) is 14.3. The number of hydrogen-bond donors (Lipinski definition) is 1. The van der Waals surface area contributed by atoms with Crippen LogP contribution in [-0.4, -0.2) is 18.3 Å². The highest BCUT2D eigenvalue weighted by Crippen LogP contribution is 2.47. The fourth-order valence-electron chi connectivity index (χ4n) is 4.43. The number of hydrogen-bond acceptors (Lipinski definition) is 6. The van der Waals surface area contributed by atoms with Crippen molar-refractivity contribution in [3.8, 4) is 16.9 Å². The molecule has 0 saturated heterocycles. The lowest BCUT2D eigenvalue weighted by atomic mass is 10.1. The fourth-order valence-corrected chi connectivity index (χ4v) is 8.40. The zero-order valence-corrected chi connectivity index (χ0v) is 22.5. The minimum Gasteiger partial charge on any atom is -0.491 e. The first-order chi connectivity index (χ1) is 17.6. The van der Waals surface area contributed by atoms with Crippen molar-refractivity contribution in [1.29, 1.82) is 0 Å². The lowest BCUT2D eigenvalue weighted by Gasteiger charge is -2.26. The van der Waals surface area contributed by atoms with Gasteiger partial charge in [-0.05, 0) is 74.0 Å². The quantitative estimate of drug-likeness (QED) is 0.224. The van der Waals surface area contributed by atoms with Crippen LogP contribution in [0.4, 0.5) is 17.1 Å². The van der Waals surface area contributed by atoms with E-state index in [1.165, 1.54) is 40.4 Å². The molecule has 1 N–H and O–H groups in total. The Kier molecular flexibility index (Phi) is 6.27. The number of benzene rings is 3. The van der Waals surface area contributed by atoms with Gasteiger partial charge in [0.25, 0.3) is 0 Å². The molecule has 3 heterocycles. The molecule has 180 valence electrons. The van der Waals surface area contributed by atoms with Crippen molar-refractivity contribution in [2.75, 3.05) is 18.1 Å². The predicted molar refractivity (Wildman–Crippen MR) is 157 cm³/mol. The van der Waals surface area contributed by atoms with Crippen LogP contribution < -0.4 is 9.64 Å². The Labute approximate surface area is 222 Å². The van der Waals surface area contributed by atoms with E-state index in [1.54, 1.807) is 0 Å². The number of aryl methyl sites for hydroxylation is 2. The van der Waals surface area contributed by atoms with Crippen LogP contribution in [0.2, 0.25) is 0 Å². The maximum atomic E-state index is 9.04. The van der Waals surface area contributed by atoms with Gasteiger partial charge >= 0.3 is 0 Å². The minimum absolute atomic E-state index is 0.00328. The van der Waals surface area contributed by atoms with Gasteiger partial charge in [-0.15, -0.1) is 34.0 Å². The van der Waals surface area contributed by atoms with Crippen molar-refractivity contribution in [3.63, 3.8) is 0 Å². The van der Waals surface area contributed by atoms with Crippen molar-refractivity contribution in [2.45, 2.75) is 13.8 Å². The van der Waals surface area contributed by atoms with Crippen LogP contribution in [0.25, 0.3) is 29.9 Å². The van der Waals surface area contributed by atoms with E-state index in [4.69, 9.17) is 9.84 Å². The van der Waals surface area contributed by atoms with E-state index in [1.807, 2.05) is 46.1 Å². The van der Waals surface area contributed by atoms with Gasteiger partial charge in [-0.2, -0.15) is 0 Å². The highest BCUT2D eigenvalue weighted by Gasteiger charge is 2.16. The van der Waals surface area contributed by atoms with Crippen LogP contribution in [0.5, 0.6) is 5.75 Å². The molecule has 3 aromatic heterocycles. The highest BCUT2D eigenvalue weighted by molar-refractivity contribution is 7.38. The van der Waals surface area contributed by atoms with E-state index in [0.29, 0.717) is 6.61 Å². The molecule has 6 rings (SSSR count). The zero-order valence-electron chi connectivity index (χ0n) is 20.0. The molecule has 0 amide bonds. The SMILES string of the molecule is Cc1ccc(N(c2ccc(OCCO)cc2)c2ccc(-c3csc4c3sc3cc(C)sc34)cc2)cc1. The van der Waals surface area contributed by atoms with Crippen molar-refractivity contribution < 1.29 is 9.84 Å². The average molecular weight is 528 g/mol. The van der Waals surface area contributed by atoms with Gasteiger partial charge in [0.05, 0.1) is 20.7 Å². The van der Waals surface area contributed by atoms with Crippen LogP contribution in [0.1, 0.15) is 10.4 Å². The summed E-state index contributed by atoms with van der Waals surface area (Å²) in [7, 11) is 0. The van der Waals surface area contributed by atoms with E-state index in [-0.39, 0.29) is 6.61 Å². The number of thiophene rings is 3. The summed E-state index contributed by atoms with van der Waals surface area (Å²) in [6.07, 6.45) is 0. The van der Waals surface area contributed by atoms with Crippen molar-refractivity contribution in [3.05, 3.63) is 94.7 Å². The second-order valence-electron chi connectivity index (χ2n) is 8.74. The lowest BCUT2D eigenvalue weighted by molar-refractivity contribution is 0.201. The Bertz CT molecular complexity index is 1620. The number of nitrogens with zero attached hydrogens (tertiary/aromatic N) is 1. The fraction of sp³-hybridized carbons (Fsp3) is 0.133. The predicted octanol–water partition coefficient (Wildman–Crippen LogP) is 9.30. The molecule has 6 heteroatoms. The molecule has 3 aromatic carbocycles. The van der Waals surface area contributed by atoms with Gasteiger partial charge < -0.3 is 14.7 Å². The third kappa shape index (κ3) is 4.31. The molecule has 0 aliphatic carbocycles. The Morgan fingerprint density at radius 3 is 2.06 bits per heavy atom. The molecule has 0 saturated carbocycles. The Balaban J connectivity index is 1.37. The maximum Gasteiger partial charge on any atom is 0.119 e. The number of rotatable bonds is 7. The summed E-state index contributed by atoms with van der Waals surface area (Å²) >= 11 is 5.66. The molecule has 0 unspecified atom stereocenters. The molecule has 36 heavy (non-hydrogen) atoms. The molecule has 0 bridgehead atoms. The van der Waals surface area contributed by atoms with Gasteiger partial charge in [-0.3, -0.25) is 0 Å². The molecule has 0 radical (unpaired) electrons. The topological polar surface area (TPSA) is 32.7 Å².